The van der Waals surface area contributed by atoms with Crippen molar-refractivity contribution in [2.45, 2.75) is 25.9 Å². The maximum Gasteiger partial charge on any atom is 0.244 e. The van der Waals surface area contributed by atoms with Crippen molar-refractivity contribution in [3.63, 3.8) is 0 Å². The smallest absolute Gasteiger partial charge is 0.244 e. The number of benzene rings is 1. The number of hydrogen-bond donors (Lipinski definition) is 1. The molecule has 2 rings (SSSR count). The number of carbonyl (C=O) groups excluding carboxylic acids is 1. The molecule has 1 saturated heterocycles. The molecule has 1 heterocycles. The van der Waals surface area contributed by atoms with E-state index in [0.29, 0.717) is 13.2 Å². The molecule has 0 bridgehead atoms. The highest BCUT2D eigenvalue weighted by atomic mass is 79.9. The first-order valence-corrected chi connectivity index (χ1v) is 7.98. The van der Waals surface area contributed by atoms with Crippen molar-refractivity contribution >= 4 is 27.9 Å². The Kier molecular flexibility index (Phi) is 6.26. The van der Waals surface area contributed by atoms with Crippen molar-refractivity contribution in [2.75, 3.05) is 19.8 Å². The van der Waals surface area contributed by atoms with Crippen molar-refractivity contribution in [2.24, 2.45) is 0 Å². The monoisotopic (exact) mass is 353 g/mol. The second-order valence-electron chi connectivity index (χ2n) is 4.83. The van der Waals surface area contributed by atoms with Crippen LogP contribution in [0.4, 0.5) is 0 Å². The van der Waals surface area contributed by atoms with Crippen molar-refractivity contribution in [1.29, 1.82) is 0 Å². The van der Waals surface area contributed by atoms with E-state index in [1.54, 1.807) is 6.08 Å². The summed E-state index contributed by atoms with van der Waals surface area (Å²) in [6.07, 6.45) is 5.54. The predicted molar refractivity (Wildman–Crippen MR) is 86.3 cm³/mol. The number of nitrogens with one attached hydrogen (secondary N) is 1. The fourth-order valence-corrected chi connectivity index (χ4v) is 2.56. The van der Waals surface area contributed by atoms with E-state index >= 15 is 0 Å². The predicted octanol–water partition coefficient (Wildman–Crippen LogP) is 3.16. The second kappa shape index (κ2) is 8.20. The molecule has 5 heteroatoms. The zero-order valence-electron chi connectivity index (χ0n) is 12.1. The molecule has 0 aromatic heterocycles. The first kappa shape index (κ1) is 16.0. The average molecular weight is 354 g/mol. The van der Waals surface area contributed by atoms with Crippen molar-refractivity contribution in [1.82, 2.24) is 5.32 Å². The highest BCUT2D eigenvalue weighted by Gasteiger charge is 2.15. The van der Waals surface area contributed by atoms with Gasteiger partial charge in [-0.2, -0.15) is 0 Å². The maximum atomic E-state index is 11.8. The molecular weight excluding hydrogens is 334 g/mol. The van der Waals surface area contributed by atoms with Crippen LogP contribution in [0.25, 0.3) is 6.08 Å². The summed E-state index contributed by atoms with van der Waals surface area (Å²) < 4.78 is 12.0. The van der Waals surface area contributed by atoms with Gasteiger partial charge in [-0.15, -0.1) is 0 Å². The zero-order chi connectivity index (χ0) is 15.1. The van der Waals surface area contributed by atoms with Gasteiger partial charge in [0.1, 0.15) is 5.75 Å². The summed E-state index contributed by atoms with van der Waals surface area (Å²) in [7, 11) is 0. The Morgan fingerprint density at radius 3 is 3.14 bits per heavy atom. The Balaban J connectivity index is 1.92. The van der Waals surface area contributed by atoms with E-state index in [4.69, 9.17) is 9.47 Å². The third kappa shape index (κ3) is 5.17. The molecule has 1 aromatic carbocycles. The van der Waals surface area contributed by atoms with Crippen LogP contribution < -0.4 is 10.1 Å². The largest absolute Gasteiger partial charge is 0.493 e. The summed E-state index contributed by atoms with van der Waals surface area (Å²) in [4.78, 5) is 11.8. The Labute approximate surface area is 133 Å². The maximum absolute atomic E-state index is 11.8. The number of ether oxygens (including phenoxy) is 2. The van der Waals surface area contributed by atoms with Crippen molar-refractivity contribution in [3.05, 3.63) is 34.3 Å². The van der Waals surface area contributed by atoms with E-state index in [0.717, 1.165) is 35.2 Å². The van der Waals surface area contributed by atoms with Gasteiger partial charge in [0.15, 0.2) is 0 Å². The van der Waals surface area contributed by atoms with Gasteiger partial charge in [-0.25, -0.2) is 0 Å². The van der Waals surface area contributed by atoms with E-state index in [9.17, 15) is 4.79 Å². The molecule has 1 atom stereocenters. The summed E-state index contributed by atoms with van der Waals surface area (Å²) in [5, 5.41) is 2.86. The summed E-state index contributed by atoms with van der Waals surface area (Å²) in [5.41, 5.74) is 0.874. The quantitative estimate of drug-likeness (QED) is 0.799. The molecule has 1 aliphatic heterocycles. The number of rotatable bonds is 6. The van der Waals surface area contributed by atoms with Crippen LogP contribution in [0.2, 0.25) is 0 Å². The van der Waals surface area contributed by atoms with Crippen molar-refractivity contribution < 1.29 is 14.3 Å². The highest BCUT2D eigenvalue weighted by molar-refractivity contribution is 9.10. The molecular formula is C16H20BrNO3. The lowest BCUT2D eigenvalue weighted by Gasteiger charge is -2.09. The SMILES string of the molecule is CCOc1ccc(Br)cc1/C=C/C(=O)NC[C@@H]1CCCO1. The van der Waals surface area contributed by atoms with Gasteiger partial charge in [0.05, 0.1) is 12.7 Å². The van der Waals surface area contributed by atoms with Crippen LogP contribution in [0.3, 0.4) is 0 Å². The van der Waals surface area contributed by atoms with Gasteiger partial charge in [-0.3, -0.25) is 4.79 Å². The average Bonchev–Trinajstić information content (AvgIpc) is 2.99. The van der Waals surface area contributed by atoms with Gasteiger partial charge in [-0.05, 0) is 44.0 Å². The fourth-order valence-electron chi connectivity index (χ4n) is 2.18. The lowest BCUT2D eigenvalue weighted by atomic mass is 10.2. The minimum atomic E-state index is -0.118. The molecule has 114 valence electrons. The lowest BCUT2D eigenvalue weighted by molar-refractivity contribution is -0.116. The Hall–Kier alpha value is -1.33. The van der Waals surface area contributed by atoms with Crippen molar-refractivity contribution in [3.8, 4) is 5.75 Å². The lowest BCUT2D eigenvalue weighted by Crippen LogP contribution is -2.30. The minimum absolute atomic E-state index is 0.118. The van der Waals surface area contributed by atoms with Gasteiger partial charge in [0, 0.05) is 29.3 Å². The van der Waals surface area contributed by atoms with E-state index in [1.807, 2.05) is 25.1 Å². The Bertz CT molecular complexity index is 510. The number of halogens is 1. The molecule has 21 heavy (non-hydrogen) atoms. The summed E-state index contributed by atoms with van der Waals surface area (Å²) >= 11 is 3.42. The molecule has 0 saturated carbocycles. The van der Waals surface area contributed by atoms with Crippen LogP contribution in [0, 0.1) is 0 Å². The Morgan fingerprint density at radius 2 is 2.43 bits per heavy atom. The van der Waals surface area contributed by atoms with Gasteiger partial charge in [0.25, 0.3) is 0 Å². The number of amides is 1. The van der Waals surface area contributed by atoms with Gasteiger partial charge >= 0.3 is 0 Å². The van der Waals surface area contributed by atoms with Gasteiger partial charge in [0.2, 0.25) is 5.91 Å². The normalized spacial score (nSPS) is 18.1. The van der Waals surface area contributed by atoms with E-state index < -0.39 is 0 Å². The minimum Gasteiger partial charge on any atom is -0.493 e. The second-order valence-corrected chi connectivity index (χ2v) is 5.74. The first-order valence-electron chi connectivity index (χ1n) is 7.19. The van der Waals surface area contributed by atoms with Crippen LogP contribution in [-0.4, -0.2) is 31.8 Å². The van der Waals surface area contributed by atoms with E-state index in [-0.39, 0.29) is 12.0 Å². The van der Waals surface area contributed by atoms with E-state index in [2.05, 4.69) is 21.2 Å². The van der Waals surface area contributed by atoms with Crippen LogP contribution >= 0.6 is 15.9 Å². The first-order chi connectivity index (χ1) is 10.2. The van der Waals surface area contributed by atoms with Gasteiger partial charge in [-0.1, -0.05) is 15.9 Å². The number of carbonyl (C=O) groups is 1. The van der Waals surface area contributed by atoms with Gasteiger partial charge < -0.3 is 14.8 Å². The fraction of sp³-hybridized carbons (Fsp3) is 0.438. The molecule has 0 spiro atoms. The molecule has 1 aromatic rings. The molecule has 1 fully saturated rings. The van der Waals surface area contributed by atoms with Crippen LogP contribution in [0.15, 0.2) is 28.7 Å². The molecule has 1 aliphatic rings. The van der Waals surface area contributed by atoms with Crippen LogP contribution in [0.1, 0.15) is 25.3 Å². The molecule has 4 nitrogen and oxygen atoms in total. The Morgan fingerprint density at radius 1 is 1.57 bits per heavy atom. The third-order valence-electron chi connectivity index (χ3n) is 3.21. The molecule has 0 radical (unpaired) electrons. The molecule has 0 unspecified atom stereocenters. The summed E-state index contributed by atoms with van der Waals surface area (Å²) in [6.45, 7) is 3.89. The molecule has 1 N–H and O–H groups in total. The standard InChI is InChI=1S/C16H20BrNO3/c1-2-20-15-7-6-13(17)10-12(15)5-8-16(19)18-11-14-4-3-9-21-14/h5-8,10,14H,2-4,9,11H2,1H3,(H,18,19)/b8-5+/t14-/m0/s1. The highest BCUT2D eigenvalue weighted by Crippen LogP contribution is 2.24. The summed E-state index contributed by atoms with van der Waals surface area (Å²) in [6, 6.07) is 5.73. The zero-order valence-corrected chi connectivity index (χ0v) is 13.7. The molecule has 0 aliphatic carbocycles. The summed E-state index contributed by atoms with van der Waals surface area (Å²) in [5.74, 6) is 0.650. The van der Waals surface area contributed by atoms with Crippen LogP contribution in [-0.2, 0) is 9.53 Å². The third-order valence-corrected chi connectivity index (χ3v) is 3.71. The molecule has 1 amide bonds. The van der Waals surface area contributed by atoms with E-state index in [1.165, 1.54) is 6.08 Å². The number of hydrogen-bond acceptors (Lipinski definition) is 3. The topological polar surface area (TPSA) is 47.6 Å². The van der Waals surface area contributed by atoms with Crippen LogP contribution in [0.5, 0.6) is 5.75 Å².